The number of nitrogens with zero attached hydrogens (tertiary/aromatic N) is 1. The zero-order valence-corrected chi connectivity index (χ0v) is 10.8. The summed E-state index contributed by atoms with van der Waals surface area (Å²) in [6, 6.07) is 0. The normalized spacial score (nSPS) is 11.9. The van der Waals surface area contributed by atoms with E-state index in [1.54, 1.807) is 6.92 Å². The third-order valence-corrected chi connectivity index (χ3v) is 2.13. The Kier molecular flexibility index (Phi) is 3.41. The number of hydrogen-bond donors (Lipinski definition) is 1. The standard InChI is InChI=1S/C12H20N2O2/c1-7(2)10-9(8(3)14-16-10)11(15)13-12(4,5)6/h7H,1-6H3,(H,13,15). The lowest BCUT2D eigenvalue weighted by atomic mass is 10.0. The zero-order valence-electron chi connectivity index (χ0n) is 10.8. The van der Waals surface area contributed by atoms with Gasteiger partial charge in [0.25, 0.3) is 5.91 Å². The maximum Gasteiger partial charge on any atom is 0.257 e. The first-order chi connectivity index (χ1) is 7.22. The van der Waals surface area contributed by atoms with E-state index in [1.807, 2.05) is 34.6 Å². The van der Waals surface area contributed by atoms with Crippen molar-refractivity contribution >= 4 is 5.91 Å². The van der Waals surface area contributed by atoms with Crippen LogP contribution >= 0.6 is 0 Å². The van der Waals surface area contributed by atoms with Gasteiger partial charge in [-0.25, -0.2) is 0 Å². The summed E-state index contributed by atoms with van der Waals surface area (Å²) in [5.74, 6) is 0.691. The number of aryl methyl sites for hydroxylation is 1. The van der Waals surface area contributed by atoms with E-state index in [9.17, 15) is 4.79 Å². The number of carbonyl (C=O) groups is 1. The van der Waals surface area contributed by atoms with Crippen molar-refractivity contribution in [1.29, 1.82) is 0 Å². The van der Waals surface area contributed by atoms with E-state index in [2.05, 4.69) is 10.5 Å². The molecule has 1 rings (SSSR count). The van der Waals surface area contributed by atoms with Crippen LogP contribution < -0.4 is 5.32 Å². The molecule has 0 unspecified atom stereocenters. The minimum Gasteiger partial charge on any atom is -0.360 e. The van der Waals surface area contributed by atoms with Crippen LogP contribution in [0.25, 0.3) is 0 Å². The minimum atomic E-state index is -0.255. The summed E-state index contributed by atoms with van der Waals surface area (Å²) in [5.41, 5.74) is 0.963. The number of amides is 1. The Morgan fingerprint density at radius 1 is 1.38 bits per heavy atom. The zero-order chi connectivity index (χ0) is 12.5. The molecule has 1 aromatic rings. The van der Waals surface area contributed by atoms with Gasteiger partial charge in [-0.15, -0.1) is 0 Å². The molecule has 0 radical (unpaired) electrons. The second-order valence-electron chi connectivity index (χ2n) is 5.37. The predicted molar refractivity (Wildman–Crippen MR) is 62.5 cm³/mol. The summed E-state index contributed by atoms with van der Waals surface area (Å²) >= 11 is 0. The highest BCUT2D eigenvalue weighted by Gasteiger charge is 2.25. The molecule has 1 N–H and O–H groups in total. The summed E-state index contributed by atoms with van der Waals surface area (Å²) in [7, 11) is 0. The molecule has 1 aromatic heterocycles. The van der Waals surface area contributed by atoms with Crippen molar-refractivity contribution in [3.05, 3.63) is 17.0 Å². The smallest absolute Gasteiger partial charge is 0.257 e. The summed E-state index contributed by atoms with van der Waals surface area (Å²) < 4.78 is 5.18. The van der Waals surface area contributed by atoms with E-state index in [-0.39, 0.29) is 17.4 Å². The lowest BCUT2D eigenvalue weighted by Gasteiger charge is -2.20. The van der Waals surface area contributed by atoms with E-state index < -0.39 is 0 Å². The second kappa shape index (κ2) is 4.28. The molecule has 0 aliphatic rings. The SMILES string of the molecule is Cc1noc(C(C)C)c1C(=O)NC(C)(C)C. The first-order valence-corrected chi connectivity index (χ1v) is 5.51. The van der Waals surface area contributed by atoms with Crippen molar-refractivity contribution < 1.29 is 9.32 Å². The summed E-state index contributed by atoms with van der Waals surface area (Å²) in [6.45, 7) is 11.6. The van der Waals surface area contributed by atoms with E-state index in [0.29, 0.717) is 17.0 Å². The summed E-state index contributed by atoms with van der Waals surface area (Å²) in [6.07, 6.45) is 0. The lowest BCUT2D eigenvalue weighted by Crippen LogP contribution is -2.41. The van der Waals surface area contributed by atoms with Gasteiger partial charge in [0.15, 0.2) is 5.76 Å². The molecule has 0 fully saturated rings. The van der Waals surface area contributed by atoms with E-state index in [1.165, 1.54) is 0 Å². The van der Waals surface area contributed by atoms with Gasteiger partial charge in [0.2, 0.25) is 0 Å². The van der Waals surface area contributed by atoms with Crippen LogP contribution in [-0.2, 0) is 0 Å². The Morgan fingerprint density at radius 3 is 2.38 bits per heavy atom. The van der Waals surface area contributed by atoms with Gasteiger partial charge in [0, 0.05) is 11.5 Å². The van der Waals surface area contributed by atoms with Gasteiger partial charge in [0.05, 0.1) is 5.69 Å². The van der Waals surface area contributed by atoms with Crippen LogP contribution in [0.2, 0.25) is 0 Å². The number of carbonyl (C=O) groups excluding carboxylic acids is 1. The number of nitrogens with one attached hydrogen (secondary N) is 1. The van der Waals surface area contributed by atoms with Gasteiger partial charge in [0.1, 0.15) is 5.56 Å². The molecule has 0 aliphatic heterocycles. The largest absolute Gasteiger partial charge is 0.360 e. The fraction of sp³-hybridized carbons (Fsp3) is 0.667. The molecule has 90 valence electrons. The topological polar surface area (TPSA) is 55.1 Å². The predicted octanol–water partition coefficient (Wildman–Crippen LogP) is 2.63. The monoisotopic (exact) mass is 224 g/mol. The number of hydrogen-bond acceptors (Lipinski definition) is 3. The molecule has 0 saturated heterocycles. The summed E-state index contributed by atoms with van der Waals surface area (Å²) in [4.78, 5) is 12.1. The van der Waals surface area contributed by atoms with Crippen molar-refractivity contribution in [3.8, 4) is 0 Å². The minimum absolute atomic E-state index is 0.116. The van der Waals surface area contributed by atoms with E-state index >= 15 is 0 Å². The molecule has 0 bridgehead atoms. The van der Waals surface area contributed by atoms with Crippen LogP contribution in [0.5, 0.6) is 0 Å². The van der Waals surface area contributed by atoms with Crippen molar-refractivity contribution in [2.45, 2.75) is 53.0 Å². The maximum atomic E-state index is 12.1. The van der Waals surface area contributed by atoms with Gasteiger partial charge >= 0.3 is 0 Å². The average molecular weight is 224 g/mol. The van der Waals surface area contributed by atoms with Crippen molar-refractivity contribution in [3.63, 3.8) is 0 Å². The van der Waals surface area contributed by atoms with Crippen LogP contribution in [0, 0.1) is 6.92 Å². The number of rotatable bonds is 2. The molecule has 4 nitrogen and oxygen atoms in total. The van der Waals surface area contributed by atoms with Crippen LogP contribution in [0.1, 0.15) is 62.3 Å². The first kappa shape index (κ1) is 12.7. The molecule has 16 heavy (non-hydrogen) atoms. The van der Waals surface area contributed by atoms with Gasteiger partial charge in [-0.1, -0.05) is 19.0 Å². The Balaban J connectivity index is 3.03. The molecule has 0 spiro atoms. The fourth-order valence-electron chi connectivity index (χ4n) is 1.46. The highest BCUT2D eigenvalue weighted by Crippen LogP contribution is 2.22. The Bertz CT molecular complexity index is 386. The van der Waals surface area contributed by atoms with Gasteiger partial charge in [-0.3, -0.25) is 4.79 Å². The third-order valence-electron chi connectivity index (χ3n) is 2.13. The van der Waals surface area contributed by atoms with Crippen LogP contribution in [0.4, 0.5) is 0 Å². The van der Waals surface area contributed by atoms with Crippen LogP contribution in [0.15, 0.2) is 4.52 Å². The van der Waals surface area contributed by atoms with Gasteiger partial charge in [-0.2, -0.15) is 0 Å². The van der Waals surface area contributed by atoms with Crippen molar-refractivity contribution in [2.75, 3.05) is 0 Å². The average Bonchev–Trinajstić information content (AvgIpc) is 2.43. The highest BCUT2D eigenvalue weighted by atomic mass is 16.5. The number of aromatic nitrogens is 1. The Morgan fingerprint density at radius 2 is 1.94 bits per heavy atom. The van der Waals surface area contributed by atoms with Gasteiger partial charge in [-0.05, 0) is 27.7 Å². The molecule has 1 heterocycles. The highest BCUT2D eigenvalue weighted by molar-refractivity contribution is 5.96. The Hall–Kier alpha value is -1.32. The molecule has 0 atom stereocenters. The van der Waals surface area contributed by atoms with Crippen LogP contribution in [-0.4, -0.2) is 16.6 Å². The van der Waals surface area contributed by atoms with Crippen molar-refractivity contribution in [1.82, 2.24) is 10.5 Å². The molecule has 1 amide bonds. The van der Waals surface area contributed by atoms with Crippen LogP contribution in [0.3, 0.4) is 0 Å². The quantitative estimate of drug-likeness (QED) is 0.840. The van der Waals surface area contributed by atoms with Crippen molar-refractivity contribution in [2.24, 2.45) is 0 Å². The lowest BCUT2D eigenvalue weighted by molar-refractivity contribution is 0.0916. The fourth-order valence-corrected chi connectivity index (χ4v) is 1.46. The van der Waals surface area contributed by atoms with E-state index in [0.717, 1.165) is 0 Å². The van der Waals surface area contributed by atoms with E-state index in [4.69, 9.17) is 4.52 Å². The molecule has 0 aliphatic carbocycles. The summed E-state index contributed by atoms with van der Waals surface area (Å²) in [5, 5.41) is 6.77. The maximum absolute atomic E-state index is 12.1. The Labute approximate surface area is 96.4 Å². The molecule has 4 heteroatoms. The third kappa shape index (κ3) is 2.84. The molecular weight excluding hydrogens is 204 g/mol. The van der Waals surface area contributed by atoms with Gasteiger partial charge < -0.3 is 9.84 Å². The molecule has 0 aromatic carbocycles. The molecule has 0 saturated carbocycles. The first-order valence-electron chi connectivity index (χ1n) is 5.51. The second-order valence-corrected chi connectivity index (χ2v) is 5.37. The molecular formula is C12H20N2O2.